The van der Waals surface area contributed by atoms with E-state index in [1.54, 1.807) is 15.9 Å². The average Bonchev–Trinajstić information content (AvgIpc) is 3.25. The van der Waals surface area contributed by atoms with Gasteiger partial charge in [0.15, 0.2) is 0 Å². The first-order chi connectivity index (χ1) is 11.6. The highest BCUT2D eigenvalue weighted by atomic mass is 32.2. The van der Waals surface area contributed by atoms with Gasteiger partial charge in [0.2, 0.25) is 5.91 Å². The van der Waals surface area contributed by atoms with E-state index in [-0.39, 0.29) is 17.2 Å². The molecule has 2 aromatic rings. The fourth-order valence-corrected chi connectivity index (χ4v) is 3.37. The molecule has 0 unspecified atom stereocenters. The fourth-order valence-electron chi connectivity index (χ4n) is 2.52. The number of carbonyl (C=O) groups is 2. The maximum atomic E-state index is 12.1. The van der Waals surface area contributed by atoms with E-state index >= 15 is 0 Å². The monoisotopic (exact) mass is 345 g/mol. The highest BCUT2D eigenvalue weighted by molar-refractivity contribution is 8.13. The van der Waals surface area contributed by atoms with Gasteiger partial charge in [-0.3, -0.25) is 9.59 Å². The number of nitrogens with zero attached hydrogens (tertiary/aromatic N) is 4. The van der Waals surface area contributed by atoms with Gasteiger partial charge in [0.05, 0.1) is 11.7 Å². The van der Waals surface area contributed by atoms with Gasteiger partial charge in [0.1, 0.15) is 12.7 Å². The van der Waals surface area contributed by atoms with Crippen LogP contribution in [0.3, 0.4) is 0 Å². The van der Waals surface area contributed by atoms with E-state index in [0.717, 1.165) is 23.5 Å². The standard InChI is InChI=1S/C16H19N5O2S/c1-12(19-15(22)6-7-20-8-9-24-16(20)23)13-2-4-14(5-3-13)21-11-17-10-18-21/h2-5,10-12H,6-9H2,1H3,(H,19,22)/t12-/m0/s1. The summed E-state index contributed by atoms with van der Waals surface area (Å²) in [6.07, 6.45) is 3.45. The number of hydrogen-bond acceptors (Lipinski definition) is 5. The van der Waals surface area contributed by atoms with Gasteiger partial charge in [-0.1, -0.05) is 23.9 Å². The molecule has 1 aliphatic heterocycles. The lowest BCUT2D eigenvalue weighted by Gasteiger charge is -2.17. The summed E-state index contributed by atoms with van der Waals surface area (Å²) < 4.78 is 1.68. The smallest absolute Gasteiger partial charge is 0.281 e. The summed E-state index contributed by atoms with van der Waals surface area (Å²) in [6, 6.07) is 7.70. The number of hydrogen-bond donors (Lipinski definition) is 1. The van der Waals surface area contributed by atoms with Crippen LogP contribution in [0.15, 0.2) is 36.9 Å². The first-order valence-corrected chi connectivity index (χ1v) is 8.78. The van der Waals surface area contributed by atoms with Gasteiger partial charge in [-0.25, -0.2) is 9.67 Å². The van der Waals surface area contributed by atoms with E-state index in [1.807, 2.05) is 31.2 Å². The Kier molecular flexibility index (Phi) is 5.14. The Balaban J connectivity index is 1.51. The van der Waals surface area contributed by atoms with Crippen molar-refractivity contribution in [3.8, 4) is 5.69 Å². The zero-order chi connectivity index (χ0) is 16.9. The lowest BCUT2D eigenvalue weighted by molar-refractivity contribution is -0.121. The maximum Gasteiger partial charge on any atom is 0.281 e. The zero-order valence-corrected chi connectivity index (χ0v) is 14.2. The number of nitrogens with one attached hydrogen (secondary N) is 1. The third-order valence-electron chi connectivity index (χ3n) is 3.91. The van der Waals surface area contributed by atoms with Crippen molar-refractivity contribution in [1.82, 2.24) is 25.0 Å². The second-order valence-corrected chi connectivity index (χ2v) is 6.62. The van der Waals surface area contributed by atoms with Crippen molar-refractivity contribution >= 4 is 22.9 Å². The van der Waals surface area contributed by atoms with E-state index < -0.39 is 0 Å². The van der Waals surface area contributed by atoms with Crippen LogP contribution in [0.5, 0.6) is 0 Å². The Bertz CT molecular complexity index is 702. The Morgan fingerprint density at radius 3 is 2.79 bits per heavy atom. The van der Waals surface area contributed by atoms with E-state index in [0.29, 0.717) is 13.0 Å². The van der Waals surface area contributed by atoms with E-state index in [1.165, 1.54) is 18.1 Å². The zero-order valence-electron chi connectivity index (χ0n) is 13.4. The van der Waals surface area contributed by atoms with Crippen LogP contribution >= 0.6 is 11.8 Å². The summed E-state index contributed by atoms with van der Waals surface area (Å²) in [5, 5.41) is 7.12. The minimum Gasteiger partial charge on any atom is -0.350 e. The van der Waals surface area contributed by atoms with Gasteiger partial charge in [0.25, 0.3) is 5.24 Å². The maximum absolute atomic E-state index is 12.1. The number of thioether (sulfide) groups is 1. The van der Waals surface area contributed by atoms with Gasteiger partial charge >= 0.3 is 0 Å². The van der Waals surface area contributed by atoms with Gasteiger partial charge in [0, 0.05) is 25.3 Å². The predicted molar refractivity (Wildman–Crippen MR) is 92.0 cm³/mol. The Morgan fingerprint density at radius 1 is 1.38 bits per heavy atom. The van der Waals surface area contributed by atoms with Gasteiger partial charge < -0.3 is 10.2 Å². The van der Waals surface area contributed by atoms with Crippen molar-refractivity contribution in [3.63, 3.8) is 0 Å². The molecule has 7 nitrogen and oxygen atoms in total. The van der Waals surface area contributed by atoms with Crippen LogP contribution in [-0.2, 0) is 4.79 Å². The van der Waals surface area contributed by atoms with Crippen molar-refractivity contribution in [2.75, 3.05) is 18.8 Å². The molecule has 24 heavy (non-hydrogen) atoms. The van der Waals surface area contributed by atoms with Crippen LogP contribution in [0.4, 0.5) is 4.79 Å². The first-order valence-electron chi connectivity index (χ1n) is 7.79. The molecular weight excluding hydrogens is 326 g/mol. The molecule has 1 aliphatic rings. The topological polar surface area (TPSA) is 80.1 Å². The van der Waals surface area contributed by atoms with E-state index in [2.05, 4.69) is 15.4 Å². The third-order valence-corrected chi connectivity index (χ3v) is 4.80. The number of carbonyl (C=O) groups excluding carboxylic acids is 2. The normalized spacial score (nSPS) is 15.5. The molecule has 1 saturated heterocycles. The van der Waals surface area contributed by atoms with Crippen LogP contribution in [0.25, 0.3) is 5.69 Å². The molecule has 1 N–H and O–H groups in total. The molecule has 126 valence electrons. The van der Waals surface area contributed by atoms with Crippen LogP contribution in [0.2, 0.25) is 0 Å². The fraction of sp³-hybridized carbons (Fsp3) is 0.375. The Morgan fingerprint density at radius 2 is 2.17 bits per heavy atom. The summed E-state index contributed by atoms with van der Waals surface area (Å²) >= 11 is 1.31. The summed E-state index contributed by atoms with van der Waals surface area (Å²) in [4.78, 5) is 29.2. The predicted octanol–water partition coefficient (Wildman–Crippen LogP) is 2.00. The van der Waals surface area contributed by atoms with Crippen LogP contribution in [0.1, 0.15) is 24.9 Å². The SMILES string of the molecule is C[C@H](NC(=O)CCN1CCSC1=O)c1ccc(-n2cncn2)cc1. The molecule has 1 fully saturated rings. The van der Waals surface area contributed by atoms with Gasteiger partial charge in [-0.05, 0) is 24.6 Å². The molecule has 2 amide bonds. The van der Waals surface area contributed by atoms with Crippen molar-refractivity contribution in [1.29, 1.82) is 0 Å². The van der Waals surface area contributed by atoms with E-state index in [9.17, 15) is 9.59 Å². The number of aromatic nitrogens is 3. The molecule has 0 radical (unpaired) electrons. The van der Waals surface area contributed by atoms with Crippen molar-refractivity contribution in [3.05, 3.63) is 42.5 Å². The number of benzene rings is 1. The second-order valence-electron chi connectivity index (χ2n) is 5.57. The Labute approximate surface area is 144 Å². The van der Waals surface area contributed by atoms with Crippen LogP contribution < -0.4 is 5.32 Å². The summed E-state index contributed by atoms with van der Waals surface area (Å²) in [6.45, 7) is 3.16. The van der Waals surface area contributed by atoms with Crippen molar-refractivity contribution in [2.45, 2.75) is 19.4 Å². The lowest BCUT2D eigenvalue weighted by Crippen LogP contribution is -2.32. The molecule has 1 aromatic heterocycles. The molecule has 0 aliphatic carbocycles. The third kappa shape index (κ3) is 3.94. The molecule has 3 rings (SSSR count). The molecule has 8 heteroatoms. The highest BCUT2D eigenvalue weighted by Gasteiger charge is 2.21. The van der Waals surface area contributed by atoms with Crippen LogP contribution in [-0.4, -0.2) is 49.7 Å². The summed E-state index contributed by atoms with van der Waals surface area (Å²) in [5.74, 6) is 0.766. The lowest BCUT2D eigenvalue weighted by atomic mass is 10.1. The summed E-state index contributed by atoms with van der Waals surface area (Å²) in [7, 11) is 0. The molecular formula is C16H19N5O2S. The van der Waals surface area contributed by atoms with Gasteiger partial charge in [-0.2, -0.15) is 5.10 Å². The van der Waals surface area contributed by atoms with E-state index in [4.69, 9.17) is 0 Å². The molecule has 0 saturated carbocycles. The molecule has 2 heterocycles. The Hall–Kier alpha value is -2.35. The minimum atomic E-state index is -0.0917. The van der Waals surface area contributed by atoms with Crippen LogP contribution in [0, 0.1) is 0 Å². The number of rotatable bonds is 6. The quantitative estimate of drug-likeness (QED) is 0.866. The second kappa shape index (κ2) is 7.48. The van der Waals surface area contributed by atoms with Gasteiger partial charge in [-0.15, -0.1) is 0 Å². The highest BCUT2D eigenvalue weighted by Crippen LogP contribution is 2.18. The minimum absolute atomic E-state index is 0.0486. The largest absolute Gasteiger partial charge is 0.350 e. The summed E-state index contributed by atoms with van der Waals surface area (Å²) in [5.41, 5.74) is 1.93. The molecule has 0 spiro atoms. The van der Waals surface area contributed by atoms with Crippen molar-refractivity contribution in [2.24, 2.45) is 0 Å². The molecule has 0 bridgehead atoms. The van der Waals surface area contributed by atoms with Crippen molar-refractivity contribution < 1.29 is 9.59 Å². The molecule has 1 aromatic carbocycles. The first kappa shape index (κ1) is 16.5. The number of amides is 2. The average molecular weight is 345 g/mol. The molecule has 1 atom stereocenters.